The molecule has 1 fully saturated rings. The minimum Gasteiger partial charge on any atom is -0.486 e. The lowest BCUT2D eigenvalue weighted by Crippen LogP contribution is -2.48. The van der Waals surface area contributed by atoms with Crippen LogP contribution in [0.3, 0.4) is 0 Å². The van der Waals surface area contributed by atoms with Crippen molar-refractivity contribution in [2.24, 2.45) is 0 Å². The predicted octanol–water partition coefficient (Wildman–Crippen LogP) is 2.55. The molecule has 13 heteroatoms. The van der Waals surface area contributed by atoms with E-state index in [-0.39, 0.29) is 23.8 Å². The van der Waals surface area contributed by atoms with Crippen molar-refractivity contribution in [3.05, 3.63) is 57.7 Å². The topological polar surface area (TPSA) is 136 Å². The number of nitrogens with one attached hydrogen (secondary N) is 2. The van der Waals surface area contributed by atoms with Crippen LogP contribution in [0.15, 0.2) is 46.5 Å². The van der Waals surface area contributed by atoms with Gasteiger partial charge in [-0.1, -0.05) is 12.1 Å². The SMILES string of the molecule is COC(=O)c1csc(NC(=O)C(Cc2ccsc2)N2C(=O)CNC2=O)n1.c1ccc2c(c1)OCCO2. The van der Waals surface area contributed by atoms with Crippen LogP contribution in [0.2, 0.25) is 0 Å². The first kappa shape index (κ1) is 25.1. The van der Waals surface area contributed by atoms with Gasteiger partial charge in [0.2, 0.25) is 5.91 Å². The number of thiazole rings is 1. The number of nitrogens with zero attached hydrogens (tertiary/aromatic N) is 2. The molecule has 0 radical (unpaired) electrons. The van der Waals surface area contributed by atoms with Crippen molar-refractivity contribution in [2.45, 2.75) is 12.5 Å². The number of carbonyl (C=O) groups is 4. The van der Waals surface area contributed by atoms with Crippen LogP contribution in [0, 0.1) is 0 Å². The number of urea groups is 1. The van der Waals surface area contributed by atoms with E-state index in [4.69, 9.17) is 9.47 Å². The number of imide groups is 1. The zero-order chi connectivity index (χ0) is 25.5. The Morgan fingerprint density at radius 2 is 1.89 bits per heavy atom. The van der Waals surface area contributed by atoms with Crippen LogP contribution in [-0.4, -0.2) is 66.6 Å². The molecule has 0 aliphatic carbocycles. The number of hydrogen-bond acceptors (Lipinski definition) is 10. The number of benzene rings is 1. The Morgan fingerprint density at radius 1 is 1.17 bits per heavy atom. The molecule has 2 aliphatic rings. The van der Waals surface area contributed by atoms with Gasteiger partial charge in [0.25, 0.3) is 5.91 Å². The largest absolute Gasteiger partial charge is 0.486 e. The third kappa shape index (κ3) is 5.98. The summed E-state index contributed by atoms with van der Waals surface area (Å²) in [4.78, 5) is 53.1. The summed E-state index contributed by atoms with van der Waals surface area (Å²) < 4.78 is 15.2. The second-order valence-electron chi connectivity index (χ2n) is 7.44. The molecule has 188 valence electrons. The van der Waals surface area contributed by atoms with Crippen LogP contribution in [-0.2, 0) is 20.7 Å². The van der Waals surface area contributed by atoms with Crippen molar-refractivity contribution >= 4 is 51.6 Å². The Labute approximate surface area is 214 Å². The highest BCUT2D eigenvalue weighted by Gasteiger charge is 2.39. The van der Waals surface area contributed by atoms with E-state index in [2.05, 4.69) is 20.4 Å². The number of esters is 1. The standard InChI is InChI=1S/C15H14N4O5S2.C8H8O2/c1-24-13(22)9-7-26-14(17-9)18-12(21)10(4-8-2-3-25-6-8)19-11(20)5-16-15(19)23;1-2-4-8-7(3-1)9-5-6-10-8/h2-3,6-7,10H,4-5H2,1H3,(H,16,23)(H,17,18,21);1-4H,5-6H2. The fraction of sp³-hybridized carbons (Fsp3) is 0.261. The number of para-hydroxylation sites is 2. The zero-order valence-electron chi connectivity index (χ0n) is 19.1. The summed E-state index contributed by atoms with van der Waals surface area (Å²) in [5.74, 6) is 0.0558. The molecule has 5 rings (SSSR count). The summed E-state index contributed by atoms with van der Waals surface area (Å²) in [6.07, 6.45) is 0.184. The van der Waals surface area contributed by atoms with Gasteiger partial charge in [0.05, 0.1) is 13.7 Å². The quantitative estimate of drug-likeness (QED) is 0.367. The molecule has 36 heavy (non-hydrogen) atoms. The second-order valence-corrected chi connectivity index (χ2v) is 9.07. The van der Waals surface area contributed by atoms with Gasteiger partial charge in [-0.25, -0.2) is 19.5 Å². The molecule has 0 saturated carbocycles. The Kier molecular flexibility index (Phi) is 8.13. The van der Waals surface area contributed by atoms with Crippen LogP contribution in [0.25, 0.3) is 0 Å². The summed E-state index contributed by atoms with van der Waals surface area (Å²) in [5, 5.41) is 10.3. The Bertz CT molecular complexity index is 1200. The fourth-order valence-electron chi connectivity index (χ4n) is 3.39. The molecule has 2 N–H and O–H groups in total. The third-order valence-electron chi connectivity index (χ3n) is 5.08. The lowest BCUT2D eigenvalue weighted by atomic mass is 10.1. The van der Waals surface area contributed by atoms with E-state index in [1.54, 1.807) is 0 Å². The monoisotopic (exact) mass is 530 g/mol. The number of rotatable bonds is 6. The molecule has 1 unspecified atom stereocenters. The summed E-state index contributed by atoms with van der Waals surface area (Å²) in [7, 11) is 1.23. The van der Waals surface area contributed by atoms with E-state index in [9.17, 15) is 19.2 Å². The van der Waals surface area contributed by atoms with Gasteiger partial charge in [-0.2, -0.15) is 11.3 Å². The number of thiophene rings is 1. The first-order valence-corrected chi connectivity index (χ1v) is 12.6. The van der Waals surface area contributed by atoms with E-state index < -0.39 is 29.9 Å². The first-order valence-electron chi connectivity index (χ1n) is 10.8. The second kappa shape index (κ2) is 11.6. The normalized spacial score (nSPS) is 14.9. The average Bonchev–Trinajstić information content (AvgIpc) is 3.65. The number of anilines is 1. The van der Waals surface area contributed by atoms with Crippen LogP contribution in [0.5, 0.6) is 11.5 Å². The van der Waals surface area contributed by atoms with Crippen molar-refractivity contribution in [3.8, 4) is 11.5 Å². The van der Waals surface area contributed by atoms with E-state index in [0.717, 1.165) is 33.3 Å². The molecule has 4 heterocycles. The zero-order valence-corrected chi connectivity index (χ0v) is 20.7. The van der Waals surface area contributed by atoms with Gasteiger partial charge in [0, 0.05) is 11.8 Å². The minimum atomic E-state index is -1.02. The molecule has 1 aromatic carbocycles. The molecule has 0 spiro atoms. The van der Waals surface area contributed by atoms with Crippen molar-refractivity contribution < 1.29 is 33.4 Å². The minimum absolute atomic E-state index is 0.0668. The van der Waals surface area contributed by atoms with Crippen molar-refractivity contribution in [1.29, 1.82) is 0 Å². The maximum atomic E-state index is 12.7. The molecule has 2 aliphatic heterocycles. The Hall–Kier alpha value is -3.97. The number of carbonyl (C=O) groups excluding carboxylic acids is 4. The number of hydrogen-bond donors (Lipinski definition) is 2. The van der Waals surface area contributed by atoms with Crippen molar-refractivity contribution in [3.63, 3.8) is 0 Å². The number of ether oxygens (including phenoxy) is 3. The maximum absolute atomic E-state index is 12.7. The Morgan fingerprint density at radius 3 is 2.47 bits per heavy atom. The summed E-state index contributed by atoms with van der Waals surface area (Å²) in [6, 6.07) is 7.89. The molecular weight excluding hydrogens is 508 g/mol. The van der Waals surface area contributed by atoms with Gasteiger partial charge in [-0.05, 0) is 34.5 Å². The number of amides is 4. The first-order chi connectivity index (χ1) is 17.5. The number of fused-ring (bicyclic) bond motifs is 1. The highest BCUT2D eigenvalue weighted by Crippen LogP contribution is 2.28. The molecule has 4 amide bonds. The van der Waals surface area contributed by atoms with Gasteiger partial charge < -0.3 is 24.8 Å². The van der Waals surface area contributed by atoms with Gasteiger partial charge >= 0.3 is 12.0 Å². The maximum Gasteiger partial charge on any atom is 0.357 e. The van der Waals surface area contributed by atoms with E-state index in [1.807, 2.05) is 41.1 Å². The van der Waals surface area contributed by atoms with Crippen LogP contribution >= 0.6 is 22.7 Å². The van der Waals surface area contributed by atoms with E-state index in [1.165, 1.54) is 23.8 Å². The molecule has 2 aromatic heterocycles. The molecule has 3 aromatic rings. The molecular formula is C23H22N4O7S2. The van der Waals surface area contributed by atoms with E-state index in [0.29, 0.717) is 13.2 Å². The highest BCUT2D eigenvalue weighted by atomic mass is 32.1. The lowest BCUT2D eigenvalue weighted by molar-refractivity contribution is -0.132. The van der Waals surface area contributed by atoms with Gasteiger partial charge in [-0.3, -0.25) is 9.59 Å². The summed E-state index contributed by atoms with van der Waals surface area (Å²) in [5.41, 5.74) is 0.897. The van der Waals surface area contributed by atoms with Crippen LogP contribution in [0.1, 0.15) is 16.1 Å². The fourth-order valence-corrected chi connectivity index (χ4v) is 4.76. The molecule has 1 saturated heterocycles. The van der Waals surface area contributed by atoms with Crippen molar-refractivity contribution in [2.75, 3.05) is 32.2 Å². The predicted molar refractivity (Wildman–Crippen MR) is 132 cm³/mol. The smallest absolute Gasteiger partial charge is 0.357 e. The number of methoxy groups -OCH3 is 1. The van der Waals surface area contributed by atoms with Crippen molar-refractivity contribution in [1.82, 2.24) is 15.2 Å². The van der Waals surface area contributed by atoms with Crippen LogP contribution in [0.4, 0.5) is 9.93 Å². The molecule has 11 nitrogen and oxygen atoms in total. The highest BCUT2D eigenvalue weighted by molar-refractivity contribution is 7.14. The van der Waals surface area contributed by atoms with Gasteiger partial charge in [0.15, 0.2) is 22.3 Å². The third-order valence-corrected chi connectivity index (χ3v) is 6.57. The van der Waals surface area contributed by atoms with Crippen LogP contribution < -0.4 is 20.1 Å². The summed E-state index contributed by atoms with van der Waals surface area (Å²) >= 11 is 2.50. The Balaban J connectivity index is 0.000000251. The number of aromatic nitrogens is 1. The molecule has 0 bridgehead atoms. The van der Waals surface area contributed by atoms with Gasteiger partial charge in [-0.15, -0.1) is 11.3 Å². The van der Waals surface area contributed by atoms with E-state index >= 15 is 0 Å². The lowest BCUT2D eigenvalue weighted by Gasteiger charge is -2.23. The molecule has 1 atom stereocenters. The summed E-state index contributed by atoms with van der Waals surface area (Å²) in [6.45, 7) is 1.18. The average molecular weight is 531 g/mol. The van der Waals surface area contributed by atoms with Gasteiger partial charge in [0.1, 0.15) is 19.3 Å².